The molecule has 0 heterocycles. The number of unbranched alkanes of at least 4 members (excludes halogenated alkanes) is 14. The lowest BCUT2D eigenvalue weighted by molar-refractivity contribution is -0.166. The summed E-state index contributed by atoms with van der Waals surface area (Å²) < 4.78 is 16.4. The predicted octanol–water partition coefficient (Wildman–Crippen LogP) is 12.2. The van der Waals surface area contributed by atoms with Gasteiger partial charge < -0.3 is 14.2 Å². The topological polar surface area (TPSA) is 78.9 Å². The Hall–Kier alpha value is -2.89. The van der Waals surface area contributed by atoms with Crippen LogP contribution < -0.4 is 0 Å². The van der Waals surface area contributed by atoms with Crippen LogP contribution in [0, 0.1) is 0 Å². The summed E-state index contributed by atoms with van der Waals surface area (Å²) in [5.74, 6) is -1.12. The average Bonchev–Trinajstić information content (AvgIpc) is 3.10. The molecule has 0 radical (unpaired) electrons. The van der Waals surface area contributed by atoms with E-state index in [2.05, 4.69) is 69.4 Å². The highest BCUT2D eigenvalue weighted by Gasteiger charge is 2.19. The van der Waals surface area contributed by atoms with E-state index in [1.807, 2.05) is 6.08 Å². The molecule has 0 aromatic carbocycles. The van der Waals surface area contributed by atoms with Crippen molar-refractivity contribution in [3.63, 3.8) is 0 Å². The largest absolute Gasteiger partial charge is 0.462 e. The number of hydrogen-bond donors (Lipinski definition) is 0. The molecule has 0 saturated heterocycles. The number of ether oxygens (including phenoxy) is 3. The van der Waals surface area contributed by atoms with Crippen molar-refractivity contribution < 1.29 is 28.6 Å². The summed E-state index contributed by atoms with van der Waals surface area (Å²) in [5.41, 5.74) is 0. The first-order valence-electron chi connectivity index (χ1n) is 19.8. The fourth-order valence-corrected chi connectivity index (χ4v) is 5.03. The van der Waals surface area contributed by atoms with Crippen LogP contribution in [0.15, 0.2) is 60.8 Å². The summed E-state index contributed by atoms with van der Waals surface area (Å²) in [4.78, 5) is 37.3. The van der Waals surface area contributed by atoms with E-state index in [4.69, 9.17) is 14.2 Å². The summed E-state index contributed by atoms with van der Waals surface area (Å²) in [5, 5.41) is 0. The number of carbonyl (C=O) groups excluding carboxylic acids is 3. The lowest BCUT2D eigenvalue weighted by Crippen LogP contribution is -2.30. The SMILES string of the molecule is CC/C=C\C/C=C\C/C=C\CC(=O)OC(COC(=O)CCC/C=C\CCCCCC)COC(=O)CCCCC/C=C\CCCCCCCC. The molecule has 6 heteroatoms. The van der Waals surface area contributed by atoms with Crippen LogP contribution >= 0.6 is 0 Å². The molecule has 0 aliphatic rings. The van der Waals surface area contributed by atoms with E-state index in [0.29, 0.717) is 19.3 Å². The molecule has 6 nitrogen and oxygen atoms in total. The van der Waals surface area contributed by atoms with Crippen molar-refractivity contribution >= 4 is 17.9 Å². The standard InChI is InChI=1S/C43H72O6/c1-4-7-10-13-16-19-20-21-22-25-27-30-33-36-42(45)48-39-40(49-43(46)37-34-31-28-24-18-15-12-9-6-3)38-47-41(44)35-32-29-26-23-17-14-11-8-5-2/h9,12,18,21-24,26,31,34,40H,4-8,10-11,13-17,19-20,25,27-30,32-33,35-39H2,1-3H3/b12-9-,22-21-,24-18-,26-23-,34-31-. The zero-order valence-corrected chi connectivity index (χ0v) is 31.7. The summed E-state index contributed by atoms with van der Waals surface area (Å²) in [6.07, 6.45) is 43.9. The van der Waals surface area contributed by atoms with Gasteiger partial charge in [-0.2, -0.15) is 0 Å². The second-order valence-electron chi connectivity index (χ2n) is 12.8. The van der Waals surface area contributed by atoms with Gasteiger partial charge in [-0.3, -0.25) is 14.4 Å². The molecule has 1 atom stereocenters. The summed E-state index contributed by atoms with van der Waals surface area (Å²) in [7, 11) is 0. The van der Waals surface area contributed by atoms with Crippen LogP contribution in [0.25, 0.3) is 0 Å². The van der Waals surface area contributed by atoms with Crippen LogP contribution in [0.5, 0.6) is 0 Å². The third-order valence-electron chi connectivity index (χ3n) is 8.01. The van der Waals surface area contributed by atoms with Gasteiger partial charge in [-0.05, 0) is 77.0 Å². The van der Waals surface area contributed by atoms with Crippen LogP contribution in [-0.2, 0) is 28.6 Å². The van der Waals surface area contributed by atoms with E-state index in [9.17, 15) is 14.4 Å². The minimum absolute atomic E-state index is 0.0974. The van der Waals surface area contributed by atoms with Crippen LogP contribution in [-0.4, -0.2) is 37.2 Å². The monoisotopic (exact) mass is 685 g/mol. The zero-order valence-electron chi connectivity index (χ0n) is 31.7. The first-order valence-corrected chi connectivity index (χ1v) is 19.8. The summed E-state index contributed by atoms with van der Waals surface area (Å²) in [6.45, 7) is 6.30. The van der Waals surface area contributed by atoms with Gasteiger partial charge in [0.25, 0.3) is 0 Å². The Balaban J connectivity index is 4.50. The minimum atomic E-state index is -0.834. The molecule has 0 rings (SSSR count). The van der Waals surface area contributed by atoms with Crippen molar-refractivity contribution in [3.8, 4) is 0 Å². The molecule has 280 valence electrons. The number of rotatable bonds is 34. The quantitative estimate of drug-likeness (QED) is 0.0290. The third-order valence-corrected chi connectivity index (χ3v) is 8.01. The van der Waals surface area contributed by atoms with Crippen molar-refractivity contribution in [1.82, 2.24) is 0 Å². The molecule has 0 aliphatic carbocycles. The van der Waals surface area contributed by atoms with Gasteiger partial charge in [-0.25, -0.2) is 0 Å². The van der Waals surface area contributed by atoms with Crippen LogP contribution in [0.2, 0.25) is 0 Å². The van der Waals surface area contributed by atoms with E-state index in [0.717, 1.165) is 64.2 Å². The fraction of sp³-hybridized carbons (Fsp3) is 0.698. The van der Waals surface area contributed by atoms with Crippen molar-refractivity contribution in [3.05, 3.63) is 60.8 Å². The van der Waals surface area contributed by atoms with Gasteiger partial charge in [0.15, 0.2) is 6.10 Å². The third kappa shape index (κ3) is 36.2. The molecule has 0 aliphatic heterocycles. The minimum Gasteiger partial charge on any atom is -0.462 e. The highest BCUT2D eigenvalue weighted by molar-refractivity contribution is 5.72. The van der Waals surface area contributed by atoms with Gasteiger partial charge >= 0.3 is 17.9 Å². The van der Waals surface area contributed by atoms with Crippen LogP contribution in [0.3, 0.4) is 0 Å². The number of carbonyl (C=O) groups is 3. The zero-order chi connectivity index (χ0) is 35.9. The molecule has 0 aromatic heterocycles. The molecule has 0 N–H and O–H groups in total. The summed E-state index contributed by atoms with van der Waals surface area (Å²) in [6, 6.07) is 0. The summed E-state index contributed by atoms with van der Waals surface area (Å²) >= 11 is 0. The molecule has 0 spiro atoms. The van der Waals surface area contributed by atoms with E-state index in [-0.39, 0.29) is 31.6 Å². The Kier molecular flexibility index (Phi) is 35.7. The maximum atomic E-state index is 12.5. The molecular weight excluding hydrogens is 612 g/mol. The fourth-order valence-electron chi connectivity index (χ4n) is 5.03. The Morgan fingerprint density at radius 2 is 0.878 bits per heavy atom. The Morgan fingerprint density at radius 3 is 1.43 bits per heavy atom. The molecule has 0 amide bonds. The van der Waals surface area contributed by atoms with Crippen molar-refractivity contribution in [1.29, 1.82) is 0 Å². The predicted molar refractivity (Wildman–Crippen MR) is 205 cm³/mol. The molecule has 49 heavy (non-hydrogen) atoms. The highest BCUT2D eigenvalue weighted by atomic mass is 16.6. The van der Waals surface area contributed by atoms with Gasteiger partial charge in [-0.1, -0.05) is 139 Å². The van der Waals surface area contributed by atoms with E-state index < -0.39 is 12.1 Å². The molecule has 0 saturated carbocycles. The van der Waals surface area contributed by atoms with Gasteiger partial charge in [0.05, 0.1) is 6.42 Å². The van der Waals surface area contributed by atoms with E-state index in [1.165, 1.54) is 64.2 Å². The van der Waals surface area contributed by atoms with Gasteiger partial charge in [0.2, 0.25) is 0 Å². The molecule has 1 unspecified atom stereocenters. The number of allylic oxidation sites excluding steroid dienone is 9. The van der Waals surface area contributed by atoms with Gasteiger partial charge in [0.1, 0.15) is 13.2 Å². The second-order valence-corrected chi connectivity index (χ2v) is 12.8. The van der Waals surface area contributed by atoms with Crippen molar-refractivity contribution in [2.75, 3.05) is 13.2 Å². The Bertz CT molecular complexity index is 929. The maximum Gasteiger partial charge on any atom is 0.310 e. The van der Waals surface area contributed by atoms with Crippen LogP contribution in [0.4, 0.5) is 0 Å². The number of esters is 3. The lowest BCUT2D eigenvalue weighted by atomic mass is 10.1. The molecular formula is C43H72O6. The van der Waals surface area contributed by atoms with Crippen LogP contribution in [0.1, 0.15) is 175 Å². The van der Waals surface area contributed by atoms with E-state index >= 15 is 0 Å². The Morgan fingerprint density at radius 1 is 0.449 bits per heavy atom. The normalized spacial score (nSPS) is 12.6. The van der Waals surface area contributed by atoms with Crippen molar-refractivity contribution in [2.45, 2.75) is 181 Å². The van der Waals surface area contributed by atoms with E-state index in [1.54, 1.807) is 6.08 Å². The molecule has 0 fully saturated rings. The first kappa shape index (κ1) is 46.1. The smallest absolute Gasteiger partial charge is 0.310 e. The second kappa shape index (κ2) is 37.9. The highest BCUT2D eigenvalue weighted by Crippen LogP contribution is 2.10. The lowest BCUT2D eigenvalue weighted by Gasteiger charge is -2.18. The molecule has 0 bridgehead atoms. The average molecular weight is 685 g/mol. The van der Waals surface area contributed by atoms with Crippen molar-refractivity contribution in [2.24, 2.45) is 0 Å². The Labute approximate surface area is 300 Å². The molecule has 0 aromatic rings. The maximum absolute atomic E-state index is 12.5. The first-order chi connectivity index (χ1) is 24.0. The van der Waals surface area contributed by atoms with Gasteiger partial charge in [-0.15, -0.1) is 0 Å². The van der Waals surface area contributed by atoms with Gasteiger partial charge in [0, 0.05) is 12.8 Å². The number of hydrogen-bond acceptors (Lipinski definition) is 6.